The summed E-state index contributed by atoms with van der Waals surface area (Å²) in [4.78, 5) is 0. The monoisotopic (exact) mass is 135 g/mol. The van der Waals surface area contributed by atoms with Crippen molar-refractivity contribution >= 4 is 0 Å². The van der Waals surface area contributed by atoms with Crippen molar-refractivity contribution in [3.05, 3.63) is 23.9 Å². The van der Waals surface area contributed by atoms with E-state index in [0.29, 0.717) is 5.41 Å². The molecule has 1 aliphatic heterocycles. The average molecular weight is 135 g/mol. The molecule has 0 aromatic carbocycles. The molecule has 0 radical (unpaired) electrons. The molecule has 1 nitrogen and oxygen atoms in total. The first kappa shape index (κ1) is 6.02. The number of rotatable bonds is 0. The van der Waals surface area contributed by atoms with Gasteiger partial charge in [-0.3, -0.25) is 0 Å². The smallest absolute Gasteiger partial charge is 0.0170 e. The van der Waals surface area contributed by atoms with Gasteiger partial charge in [-0.1, -0.05) is 19.1 Å². The van der Waals surface area contributed by atoms with Crippen LogP contribution in [0.1, 0.15) is 19.8 Å². The molecule has 10 heavy (non-hydrogen) atoms. The van der Waals surface area contributed by atoms with E-state index < -0.39 is 0 Å². The van der Waals surface area contributed by atoms with Gasteiger partial charge in [0.2, 0.25) is 0 Å². The lowest BCUT2D eigenvalue weighted by molar-refractivity contribution is 0.418. The largest absolute Gasteiger partial charge is 0.388 e. The van der Waals surface area contributed by atoms with Crippen molar-refractivity contribution in [3.63, 3.8) is 0 Å². The van der Waals surface area contributed by atoms with Gasteiger partial charge in [0.05, 0.1) is 0 Å². The second kappa shape index (κ2) is 1.88. The van der Waals surface area contributed by atoms with E-state index >= 15 is 0 Å². The van der Waals surface area contributed by atoms with Crippen LogP contribution < -0.4 is 5.32 Å². The van der Waals surface area contributed by atoms with Gasteiger partial charge in [0, 0.05) is 17.7 Å². The minimum absolute atomic E-state index is 0.453. The molecule has 2 rings (SSSR count). The van der Waals surface area contributed by atoms with E-state index in [0.717, 1.165) is 6.54 Å². The first-order chi connectivity index (χ1) is 4.81. The molecule has 1 unspecified atom stereocenters. The summed E-state index contributed by atoms with van der Waals surface area (Å²) in [7, 11) is 0. The second-order valence-electron chi connectivity index (χ2n) is 3.45. The van der Waals surface area contributed by atoms with Gasteiger partial charge in [0.1, 0.15) is 0 Å². The average Bonchev–Trinajstić information content (AvgIpc) is 2.29. The van der Waals surface area contributed by atoms with Crippen molar-refractivity contribution in [2.75, 3.05) is 6.54 Å². The maximum atomic E-state index is 3.41. The molecule has 0 saturated carbocycles. The van der Waals surface area contributed by atoms with Gasteiger partial charge >= 0.3 is 0 Å². The minimum Gasteiger partial charge on any atom is -0.388 e. The first-order valence-corrected chi connectivity index (χ1v) is 3.92. The fourth-order valence-corrected chi connectivity index (χ4v) is 1.79. The molecule has 1 atom stereocenters. The van der Waals surface area contributed by atoms with Crippen molar-refractivity contribution in [3.8, 4) is 0 Å². The predicted octanol–water partition coefficient (Wildman–Crippen LogP) is 1.83. The zero-order valence-corrected chi connectivity index (χ0v) is 6.35. The summed E-state index contributed by atoms with van der Waals surface area (Å²) < 4.78 is 0. The van der Waals surface area contributed by atoms with Crippen LogP contribution in [0, 0.1) is 5.41 Å². The van der Waals surface area contributed by atoms with Gasteiger partial charge < -0.3 is 5.32 Å². The normalized spacial score (nSPS) is 36.7. The summed E-state index contributed by atoms with van der Waals surface area (Å²) in [6, 6.07) is 0. The SMILES string of the molecule is CC12CC=CC=C1NCC2. The zero-order chi connectivity index (χ0) is 7.03. The van der Waals surface area contributed by atoms with Gasteiger partial charge in [-0.05, 0) is 18.9 Å². The maximum Gasteiger partial charge on any atom is 0.0170 e. The van der Waals surface area contributed by atoms with E-state index in [4.69, 9.17) is 0 Å². The van der Waals surface area contributed by atoms with Crippen LogP contribution in [0.25, 0.3) is 0 Å². The third kappa shape index (κ3) is 0.698. The van der Waals surface area contributed by atoms with E-state index in [1.807, 2.05) is 0 Å². The van der Waals surface area contributed by atoms with Gasteiger partial charge in [0.25, 0.3) is 0 Å². The molecule has 1 heterocycles. The molecular formula is C9H13N. The Kier molecular flexibility index (Phi) is 1.13. The van der Waals surface area contributed by atoms with Gasteiger partial charge in [0.15, 0.2) is 0 Å². The van der Waals surface area contributed by atoms with Crippen LogP contribution in [-0.2, 0) is 0 Å². The minimum atomic E-state index is 0.453. The first-order valence-electron chi connectivity index (χ1n) is 3.92. The Hall–Kier alpha value is -0.720. The molecular weight excluding hydrogens is 122 g/mol. The van der Waals surface area contributed by atoms with Crippen LogP contribution in [0.4, 0.5) is 0 Å². The summed E-state index contributed by atoms with van der Waals surface area (Å²) in [5.74, 6) is 0. The molecule has 1 heteroatoms. The van der Waals surface area contributed by atoms with Crippen molar-refractivity contribution in [2.24, 2.45) is 5.41 Å². The van der Waals surface area contributed by atoms with Crippen LogP contribution >= 0.6 is 0 Å². The van der Waals surface area contributed by atoms with E-state index in [1.54, 1.807) is 0 Å². The lowest BCUT2D eigenvalue weighted by Gasteiger charge is -2.25. The van der Waals surface area contributed by atoms with E-state index in [9.17, 15) is 0 Å². The zero-order valence-electron chi connectivity index (χ0n) is 6.35. The van der Waals surface area contributed by atoms with Crippen molar-refractivity contribution in [1.82, 2.24) is 5.32 Å². The van der Waals surface area contributed by atoms with Crippen molar-refractivity contribution in [1.29, 1.82) is 0 Å². The Balaban J connectivity index is 2.34. The highest BCUT2D eigenvalue weighted by atomic mass is 14.9. The summed E-state index contributed by atoms with van der Waals surface area (Å²) >= 11 is 0. The Morgan fingerprint density at radius 2 is 2.50 bits per heavy atom. The third-order valence-electron chi connectivity index (χ3n) is 2.61. The molecule has 2 aliphatic rings. The van der Waals surface area contributed by atoms with Crippen molar-refractivity contribution in [2.45, 2.75) is 19.8 Å². The fourth-order valence-electron chi connectivity index (χ4n) is 1.79. The Labute approximate surface area is 61.8 Å². The van der Waals surface area contributed by atoms with Crippen LogP contribution in [0.5, 0.6) is 0 Å². The summed E-state index contributed by atoms with van der Waals surface area (Å²) in [5, 5.41) is 3.41. The molecule has 1 saturated heterocycles. The topological polar surface area (TPSA) is 12.0 Å². The quantitative estimate of drug-likeness (QED) is 0.534. The number of nitrogens with one attached hydrogen (secondary N) is 1. The molecule has 0 bridgehead atoms. The Morgan fingerprint density at radius 3 is 3.30 bits per heavy atom. The molecule has 54 valence electrons. The standard InChI is InChI=1S/C9H13N/c1-9-5-3-2-4-8(9)10-7-6-9/h2-4,10H,5-7H2,1H3. The molecule has 1 fully saturated rings. The summed E-state index contributed by atoms with van der Waals surface area (Å²) in [5.41, 5.74) is 1.89. The van der Waals surface area contributed by atoms with Gasteiger partial charge in [-0.15, -0.1) is 0 Å². The fraction of sp³-hybridized carbons (Fsp3) is 0.556. The van der Waals surface area contributed by atoms with Crippen LogP contribution in [0.3, 0.4) is 0 Å². The van der Waals surface area contributed by atoms with Crippen LogP contribution in [-0.4, -0.2) is 6.54 Å². The molecule has 1 aliphatic carbocycles. The van der Waals surface area contributed by atoms with E-state index in [-0.39, 0.29) is 0 Å². The van der Waals surface area contributed by atoms with Gasteiger partial charge in [-0.25, -0.2) is 0 Å². The number of fused-ring (bicyclic) bond motifs is 1. The Morgan fingerprint density at radius 1 is 1.60 bits per heavy atom. The molecule has 0 spiro atoms. The van der Waals surface area contributed by atoms with E-state index in [2.05, 4.69) is 30.5 Å². The molecule has 0 amide bonds. The molecule has 0 aromatic heterocycles. The molecule has 0 aromatic rings. The highest BCUT2D eigenvalue weighted by Gasteiger charge is 2.33. The van der Waals surface area contributed by atoms with Crippen molar-refractivity contribution < 1.29 is 0 Å². The highest BCUT2D eigenvalue weighted by Crippen LogP contribution is 2.39. The second-order valence-corrected chi connectivity index (χ2v) is 3.45. The number of hydrogen-bond acceptors (Lipinski definition) is 1. The van der Waals surface area contributed by atoms with Crippen LogP contribution in [0.2, 0.25) is 0 Å². The maximum absolute atomic E-state index is 3.41. The number of hydrogen-bond donors (Lipinski definition) is 1. The highest BCUT2D eigenvalue weighted by molar-refractivity contribution is 5.26. The lowest BCUT2D eigenvalue weighted by Crippen LogP contribution is -2.18. The van der Waals surface area contributed by atoms with Crippen LogP contribution in [0.15, 0.2) is 23.9 Å². The number of allylic oxidation sites excluding steroid dienone is 4. The Bertz CT molecular complexity index is 203. The van der Waals surface area contributed by atoms with Gasteiger partial charge in [-0.2, -0.15) is 0 Å². The summed E-state index contributed by atoms with van der Waals surface area (Å²) in [6.45, 7) is 3.49. The molecule has 1 N–H and O–H groups in total. The third-order valence-corrected chi connectivity index (χ3v) is 2.61. The van der Waals surface area contributed by atoms with E-state index in [1.165, 1.54) is 18.5 Å². The predicted molar refractivity (Wildman–Crippen MR) is 42.6 cm³/mol. The summed E-state index contributed by atoms with van der Waals surface area (Å²) in [6.07, 6.45) is 9.12. The lowest BCUT2D eigenvalue weighted by atomic mass is 9.80.